The first kappa shape index (κ1) is 15.4. The van der Waals surface area contributed by atoms with Crippen LogP contribution >= 0.6 is 0 Å². The maximum atomic E-state index is 12.6. The van der Waals surface area contributed by atoms with Crippen LogP contribution in [0.2, 0.25) is 0 Å². The molecule has 1 aromatic rings. The minimum Gasteiger partial charge on any atom is -0.378 e. The number of nitrogens with two attached hydrogens (primary N) is 1. The highest BCUT2D eigenvalue weighted by atomic mass is 32.2. The van der Waals surface area contributed by atoms with Gasteiger partial charge in [-0.25, -0.2) is 8.42 Å². The Labute approximate surface area is 119 Å². The number of aromatic nitrogens is 2. The van der Waals surface area contributed by atoms with Crippen molar-refractivity contribution in [2.24, 2.45) is 5.73 Å². The van der Waals surface area contributed by atoms with Crippen LogP contribution in [0.5, 0.6) is 0 Å². The van der Waals surface area contributed by atoms with Crippen LogP contribution in [0.4, 0.5) is 0 Å². The van der Waals surface area contributed by atoms with E-state index in [1.807, 2.05) is 6.92 Å². The third-order valence-electron chi connectivity index (χ3n) is 3.45. The molecular formula is C12H22N4O3S. The molecule has 1 atom stereocenters. The van der Waals surface area contributed by atoms with Gasteiger partial charge in [0.25, 0.3) is 0 Å². The number of hydrogen-bond acceptors (Lipinski definition) is 5. The molecule has 1 fully saturated rings. The standard InChI is InChI=1S/C12H22N4O3S/c1-2-11-10-19-7-6-16(11)20(17,18)12-8-14-15(9-12)5-3-4-13/h8-9,11H,2-7,10,13H2,1H3. The van der Waals surface area contributed by atoms with E-state index < -0.39 is 10.0 Å². The van der Waals surface area contributed by atoms with Gasteiger partial charge in [-0.3, -0.25) is 4.68 Å². The van der Waals surface area contributed by atoms with E-state index in [1.165, 1.54) is 10.5 Å². The van der Waals surface area contributed by atoms with Crippen LogP contribution in [0, 0.1) is 0 Å². The molecule has 0 aromatic carbocycles. The lowest BCUT2D eigenvalue weighted by Crippen LogP contribution is -2.48. The minimum atomic E-state index is -3.49. The second kappa shape index (κ2) is 6.66. The molecule has 1 saturated heterocycles. The van der Waals surface area contributed by atoms with Crippen molar-refractivity contribution in [3.05, 3.63) is 12.4 Å². The quantitative estimate of drug-likeness (QED) is 0.800. The zero-order valence-corrected chi connectivity index (χ0v) is 12.6. The molecule has 20 heavy (non-hydrogen) atoms. The summed E-state index contributed by atoms with van der Waals surface area (Å²) in [4.78, 5) is 0.245. The van der Waals surface area contributed by atoms with Gasteiger partial charge in [-0.05, 0) is 19.4 Å². The van der Waals surface area contributed by atoms with Gasteiger partial charge in [-0.2, -0.15) is 9.40 Å². The largest absolute Gasteiger partial charge is 0.378 e. The maximum Gasteiger partial charge on any atom is 0.246 e. The molecule has 1 aliphatic heterocycles. The fourth-order valence-electron chi connectivity index (χ4n) is 2.27. The molecular weight excluding hydrogens is 280 g/mol. The van der Waals surface area contributed by atoms with E-state index in [1.54, 1.807) is 10.9 Å². The Bertz CT molecular complexity index is 529. The lowest BCUT2D eigenvalue weighted by Gasteiger charge is -2.33. The lowest BCUT2D eigenvalue weighted by molar-refractivity contribution is 0.0314. The van der Waals surface area contributed by atoms with Gasteiger partial charge in [0.1, 0.15) is 4.90 Å². The zero-order valence-electron chi connectivity index (χ0n) is 11.7. The van der Waals surface area contributed by atoms with E-state index in [9.17, 15) is 8.42 Å². The van der Waals surface area contributed by atoms with Gasteiger partial charge in [-0.1, -0.05) is 6.92 Å². The number of hydrogen-bond donors (Lipinski definition) is 1. The number of sulfonamides is 1. The molecule has 2 rings (SSSR count). The van der Waals surface area contributed by atoms with Crippen LogP contribution in [0.1, 0.15) is 19.8 Å². The maximum absolute atomic E-state index is 12.6. The van der Waals surface area contributed by atoms with Crippen molar-refractivity contribution in [3.8, 4) is 0 Å². The topological polar surface area (TPSA) is 90.5 Å². The van der Waals surface area contributed by atoms with E-state index in [0.29, 0.717) is 32.8 Å². The molecule has 0 saturated carbocycles. The summed E-state index contributed by atoms with van der Waals surface area (Å²) >= 11 is 0. The van der Waals surface area contributed by atoms with E-state index in [-0.39, 0.29) is 10.9 Å². The van der Waals surface area contributed by atoms with Crippen molar-refractivity contribution in [1.82, 2.24) is 14.1 Å². The van der Waals surface area contributed by atoms with Crippen molar-refractivity contribution < 1.29 is 13.2 Å². The molecule has 7 nitrogen and oxygen atoms in total. The highest BCUT2D eigenvalue weighted by Gasteiger charge is 2.33. The fourth-order valence-corrected chi connectivity index (χ4v) is 3.89. The molecule has 0 aliphatic carbocycles. The Kier molecular flexibility index (Phi) is 5.14. The molecule has 114 valence electrons. The van der Waals surface area contributed by atoms with Crippen molar-refractivity contribution in [2.75, 3.05) is 26.3 Å². The third-order valence-corrected chi connectivity index (χ3v) is 5.36. The van der Waals surface area contributed by atoms with Crippen molar-refractivity contribution in [1.29, 1.82) is 0 Å². The molecule has 0 spiro atoms. The highest BCUT2D eigenvalue weighted by molar-refractivity contribution is 7.89. The molecule has 2 heterocycles. The Morgan fingerprint density at radius 1 is 1.55 bits per heavy atom. The highest BCUT2D eigenvalue weighted by Crippen LogP contribution is 2.21. The number of morpholine rings is 1. The van der Waals surface area contributed by atoms with Gasteiger partial charge in [0.2, 0.25) is 10.0 Å². The molecule has 1 aliphatic rings. The first-order valence-electron chi connectivity index (χ1n) is 6.91. The SMILES string of the molecule is CCC1COCCN1S(=O)(=O)c1cnn(CCCN)c1. The smallest absolute Gasteiger partial charge is 0.246 e. The molecule has 0 radical (unpaired) electrons. The van der Waals surface area contributed by atoms with Crippen molar-refractivity contribution >= 4 is 10.0 Å². The van der Waals surface area contributed by atoms with Crippen LogP contribution in [-0.4, -0.2) is 54.8 Å². The normalized spacial score (nSPS) is 21.2. The second-order valence-electron chi connectivity index (χ2n) is 4.83. The van der Waals surface area contributed by atoms with E-state index in [2.05, 4.69) is 5.10 Å². The van der Waals surface area contributed by atoms with Gasteiger partial charge in [-0.15, -0.1) is 0 Å². The summed E-state index contributed by atoms with van der Waals surface area (Å²) in [5.41, 5.74) is 5.44. The van der Waals surface area contributed by atoms with Gasteiger partial charge in [0, 0.05) is 25.3 Å². The van der Waals surface area contributed by atoms with Crippen LogP contribution in [0.25, 0.3) is 0 Å². The second-order valence-corrected chi connectivity index (χ2v) is 6.72. The van der Waals surface area contributed by atoms with Gasteiger partial charge in [0.05, 0.1) is 19.4 Å². The van der Waals surface area contributed by atoms with Crippen LogP contribution in [-0.2, 0) is 21.3 Å². The van der Waals surface area contributed by atoms with E-state index >= 15 is 0 Å². The summed E-state index contributed by atoms with van der Waals surface area (Å²) in [7, 11) is -3.49. The fraction of sp³-hybridized carbons (Fsp3) is 0.750. The first-order chi connectivity index (χ1) is 9.59. The number of aryl methyl sites for hydroxylation is 1. The van der Waals surface area contributed by atoms with Gasteiger partial charge >= 0.3 is 0 Å². The summed E-state index contributed by atoms with van der Waals surface area (Å²) in [6.45, 7) is 4.45. The van der Waals surface area contributed by atoms with Gasteiger partial charge < -0.3 is 10.5 Å². The van der Waals surface area contributed by atoms with Crippen molar-refractivity contribution in [3.63, 3.8) is 0 Å². The molecule has 0 amide bonds. The molecule has 0 bridgehead atoms. The molecule has 1 unspecified atom stereocenters. The predicted molar refractivity (Wildman–Crippen MR) is 74.7 cm³/mol. The monoisotopic (exact) mass is 302 g/mol. The number of rotatable bonds is 6. The summed E-state index contributed by atoms with van der Waals surface area (Å²) < 4.78 is 33.8. The Morgan fingerprint density at radius 3 is 3.05 bits per heavy atom. The number of ether oxygens (including phenoxy) is 1. The number of nitrogens with zero attached hydrogens (tertiary/aromatic N) is 3. The lowest BCUT2D eigenvalue weighted by atomic mass is 10.2. The zero-order chi connectivity index (χ0) is 14.6. The van der Waals surface area contributed by atoms with Gasteiger partial charge in [0.15, 0.2) is 0 Å². The van der Waals surface area contributed by atoms with Crippen molar-refractivity contribution in [2.45, 2.75) is 37.2 Å². The van der Waals surface area contributed by atoms with Crippen LogP contribution < -0.4 is 5.73 Å². The summed E-state index contributed by atoms with van der Waals surface area (Å²) in [5.74, 6) is 0. The summed E-state index contributed by atoms with van der Waals surface area (Å²) in [6.07, 6.45) is 4.50. The Morgan fingerprint density at radius 2 is 2.35 bits per heavy atom. The first-order valence-corrected chi connectivity index (χ1v) is 8.35. The summed E-state index contributed by atoms with van der Waals surface area (Å²) in [5, 5.41) is 4.09. The molecule has 1 aromatic heterocycles. The van der Waals surface area contributed by atoms with Crippen LogP contribution in [0.3, 0.4) is 0 Å². The van der Waals surface area contributed by atoms with E-state index in [0.717, 1.165) is 12.8 Å². The van der Waals surface area contributed by atoms with E-state index in [4.69, 9.17) is 10.5 Å². The summed E-state index contributed by atoms with van der Waals surface area (Å²) in [6, 6.07) is -0.0962. The average Bonchev–Trinajstić information content (AvgIpc) is 2.94. The Balaban J connectivity index is 2.18. The minimum absolute atomic E-state index is 0.0962. The van der Waals surface area contributed by atoms with Crippen LogP contribution in [0.15, 0.2) is 17.3 Å². The average molecular weight is 302 g/mol. The predicted octanol–water partition coefficient (Wildman–Crippen LogP) is 0.0314. The molecule has 2 N–H and O–H groups in total. The Hall–Kier alpha value is -0.960. The third kappa shape index (κ3) is 3.20. The molecule has 8 heteroatoms.